The number of methoxy groups -OCH3 is 1. The number of carbonyl (C=O) groups excluding carboxylic acids is 1. The van der Waals surface area contributed by atoms with Crippen molar-refractivity contribution >= 4 is 16.9 Å². The second kappa shape index (κ2) is 6.57. The van der Waals surface area contributed by atoms with Gasteiger partial charge in [0.15, 0.2) is 0 Å². The summed E-state index contributed by atoms with van der Waals surface area (Å²) in [6.07, 6.45) is 1.60. The number of ether oxygens (including phenoxy) is 1. The van der Waals surface area contributed by atoms with E-state index in [0.29, 0.717) is 11.0 Å². The van der Waals surface area contributed by atoms with E-state index in [1.807, 2.05) is 48.5 Å². The molecule has 5 nitrogen and oxygen atoms in total. The maximum Gasteiger partial charge on any atom is 0.251 e. The summed E-state index contributed by atoms with van der Waals surface area (Å²) in [5, 5.41) is 0. The number of hydrogen-bond acceptors (Lipinski definition) is 3. The van der Waals surface area contributed by atoms with Gasteiger partial charge in [0.25, 0.3) is 5.91 Å². The molecule has 0 atom stereocenters. The van der Waals surface area contributed by atoms with Gasteiger partial charge in [-0.2, -0.15) is 0 Å². The molecule has 134 valence electrons. The first-order valence-electron chi connectivity index (χ1n) is 8.28. The molecule has 0 aliphatic heterocycles. The maximum absolute atomic E-state index is 14.0. The summed E-state index contributed by atoms with van der Waals surface area (Å²) in [4.78, 5) is 15.7. The molecule has 27 heavy (non-hydrogen) atoms. The van der Waals surface area contributed by atoms with Crippen LogP contribution in [0.15, 0.2) is 67.0 Å². The number of rotatable bonds is 4. The van der Waals surface area contributed by atoms with E-state index >= 15 is 0 Å². The fourth-order valence-corrected chi connectivity index (χ4v) is 3.04. The summed E-state index contributed by atoms with van der Waals surface area (Å²) >= 11 is 0. The Morgan fingerprint density at radius 2 is 1.85 bits per heavy atom. The first-order valence-corrected chi connectivity index (χ1v) is 8.28. The van der Waals surface area contributed by atoms with Crippen LogP contribution in [0.1, 0.15) is 10.4 Å². The molecule has 0 bridgehead atoms. The topological polar surface area (TPSA) is 70.1 Å². The maximum atomic E-state index is 14.0. The quantitative estimate of drug-likeness (QED) is 0.598. The molecular weight excluding hydrogens is 345 g/mol. The summed E-state index contributed by atoms with van der Waals surface area (Å²) < 4.78 is 21.0. The number of halogens is 1. The summed E-state index contributed by atoms with van der Waals surface area (Å²) in [5.74, 6) is -0.696. The first kappa shape index (κ1) is 16.8. The van der Waals surface area contributed by atoms with Crippen LogP contribution in [-0.4, -0.2) is 22.6 Å². The molecule has 1 aromatic heterocycles. The van der Waals surface area contributed by atoms with Gasteiger partial charge < -0.3 is 10.5 Å². The molecule has 0 saturated carbocycles. The summed E-state index contributed by atoms with van der Waals surface area (Å²) in [7, 11) is 1.63. The summed E-state index contributed by atoms with van der Waals surface area (Å²) in [5.41, 5.74) is 9.05. The average Bonchev–Trinajstić information content (AvgIpc) is 3.10. The zero-order chi connectivity index (χ0) is 19.0. The van der Waals surface area contributed by atoms with E-state index in [-0.39, 0.29) is 5.56 Å². The van der Waals surface area contributed by atoms with E-state index in [0.717, 1.165) is 22.6 Å². The lowest BCUT2D eigenvalue weighted by molar-refractivity contribution is 0.0996. The zero-order valence-electron chi connectivity index (χ0n) is 14.5. The molecule has 1 amide bonds. The van der Waals surface area contributed by atoms with Gasteiger partial charge in [-0.15, -0.1) is 0 Å². The van der Waals surface area contributed by atoms with Crippen LogP contribution >= 0.6 is 0 Å². The number of carbonyl (C=O) groups is 1. The largest absolute Gasteiger partial charge is 0.497 e. The van der Waals surface area contributed by atoms with E-state index in [1.165, 1.54) is 12.1 Å². The predicted molar refractivity (Wildman–Crippen MR) is 102 cm³/mol. The third-order valence-corrected chi connectivity index (χ3v) is 4.45. The number of nitrogens with zero attached hydrogens (tertiary/aromatic N) is 2. The highest BCUT2D eigenvalue weighted by Crippen LogP contribution is 2.27. The number of amides is 1. The van der Waals surface area contributed by atoms with Crippen molar-refractivity contribution in [2.75, 3.05) is 7.11 Å². The third kappa shape index (κ3) is 3.01. The minimum absolute atomic E-state index is 0.157. The molecule has 0 aliphatic carbocycles. The molecule has 6 heteroatoms. The number of fused-ring (bicyclic) bond motifs is 1. The van der Waals surface area contributed by atoms with Crippen molar-refractivity contribution in [3.8, 4) is 22.6 Å². The predicted octanol–water partition coefficient (Wildman–Crippen LogP) is 3.94. The Bertz CT molecular complexity index is 1150. The van der Waals surface area contributed by atoms with Gasteiger partial charge in [-0.25, -0.2) is 9.37 Å². The van der Waals surface area contributed by atoms with Crippen LogP contribution in [-0.2, 0) is 0 Å². The Kier molecular flexibility index (Phi) is 4.08. The van der Waals surface area contributed by atoms with E-state index in [2.05, 4.69) is 4.98 Å². The van der Waals surface area contributed by atoms with Crippen molar-refractivity contribution in [1.82, 2.24) is 9.55 Å². The lowest BCUT2D eigenvalue weighted by Gasteiger charge is -2.09. The van der Waals surface area contributed by atoms with Crippen LogP contribution in [0.25, 0.3) is 27.8 Å². The third-order valence-electron chi connectivity index (χ3n) is 4.45. The highest BCUT2D eigenvalue weighted by atomic mass is 19.1. The number of nitrogens with two attached hydrogens (primary N) is 1. The van der Waals surface area contributed by atoms with Crippen LogP contribution in [0.4, 0.5) is 4.39 Å². The molecule has 0 aliphatic rings. The van der Waals surface area contributed by atoms with Gasteiger partial charge in [0.2, 0.25) is 0 Å². The van der Waals surface area contributed by atoms with Crippen molar-refractivity contribution in [3.63, 3.8) is 0 Å². The lowest BCUT2D eigenvalue weighted by Crippen LogP contribution is -2.13. The number of hydrogen-bond donors (Lipinski definition) is 1. The molecule has 4 rings (SSSR count). The molecule has 1 heterocycles. The van der Waals surface area contributed by atoms with Crippen LogP contribution in [0.3, 0.4) is 0 Å². The fraction of sp³-hybridized carbons (Fsp3) is 0.0476. The standard InChI is InChI=1S/C21H16FN3O2/c1-27-16-7-5-13(6-8-16)14-3-2-4-15(9-14)25-12-24-19-11-18(22)17(21(23)26)10-20(19)25/h2-12H,1H3,(H2,23,26). The average molecular weight is 361 g/mol. The van der Waals surface area contributed by atoms with E-state index in [4.69, 9.17) is 10.5 Å². The van der Waals surface area contributed by atoms with Crippen molar-refractivity contribution in [2.45, 2.75) is 0 Å². The fourth-order valence-electron chi connectivity index (χ4n) is 3.04. The molecule has 0 unspecified atom stereocenters. The first-order chi connectivity index (χ1) is 13.1. The Morgan fingerprint density at radius 1 is 1.07 bits per heavy atom. The molecular formula is C21H16FN3O2. The second-order valence-electron chi connectivity index (χ2n) is 6.08. The Labute approximate surface area is 154 Å². The van der Waals surface area contributed by atoms with Gasteiger partial charge in [-0.3, -0.25) is 9.36 Å². The number of aromatic nitrogens is 2. The van der Waals surface area contributed by atoms with Gasteiger partial charge in [0.1, 0.15) is 17.9 Å². The normalized spacial score (nSPS) is 10.9. The summed E-state index contributed by atoms with van der Waals surface area (Å²) in [6.45, 7) is 0. The van der Waals surface area contributed by atoms with Gasteiger partial charge in [-0.05, 0) is 41.5 Å². The Morgan fingerprint density at radius 3 is 2.56 bits per heavy atom. The van der Waals surface area contributed by atoms with E-state index in [1.54, 1.807) is 18.0 Å². The van der Waals surface area contributed by atoms with Crippen LogP contribution in [0.2, 0.25) is 0 Å². The van der Waals surface area contributed by atoms with Crippen molar-refractivity contribution < 1.29 is 13.9 Å². The summed E-state index contributed by atoms with van der Waals surface area (Å²) in [6, 6.07) is 18.2. The van der Waals surface area contributed by atoms with Crippen molar-refractivity contribution in [1.29, 1.82) is 0 Å². The van der Waals surface area contributed by atoms with Crippen molar-refractivity contribution in [2.24, 2.45) is 5.73 Å². The minimum Gasteiger partial charge on any atom is -0.497 e. The van der Waals surface area contributed by atoms with E-state index in [9.17, 15) is 9.18 Å². The molecule has 0 saturated heterocycles. The molecule has 4 aromatic rings. The molecule has 0 fully saturated rings. The smallest absolute Gasteiger partial charge is 0.251 e. The van der Waals surface area contributed by atoms with Gasteiger partial charge in [0.05, 0.1) is 23.7 Å². The molecule has 0 spiro atoms. The monoisotopic (exact) mass is 361 g/mol. The van der Waals surface area contributed by atoms with Crippen LogP contribution in [0.5, 0.6) is 5.75 Å². The highest BCUT2D eigenvalue weighted by molar-refractivity contribution is 5.96. The number of primary amides is 1. The number of benzene rings is 3. The van der Waals surface area contributed by atoms with Crippen LogP contribution in [0, 0.1) is 5.82 Å². The van der Waals surface area contributed by atoms with Gasteiger partial charge in [-0.1, -0.05) is 24.3 Å². The van der Waals surface area contributed by atoms with Crippen molar-refractivity contribution in [3.05, 3.63) is 78.4 Å². The highest BCUT2D eigenvalue weighted by Gasteiger charge is 2.14. The Balaban J connectivity index is 1.82. The van der Waals surface area contributed by atoms with Gasteiger partial charge in [0, 0.05) is 11.8 Å². The minimum atomic E-state index is -0.811. The van der Waals surface area contributed by atoms with Crippen LogP contribution < -0.4 is 10.5 Å². The number of imidazole rings is 1. The zero-order valence-corrected chi connectivity index (χ0v) is 14.5. The Hall–Kier alpha value is -3.67. The lowest BCUT2D eigenvalue weighted by atomic mass is 10.0. The molecule has 3 aromatic carbocycles. The van der Waals surface area contributed by atoms with E-state index < -0.39 is 11.7 Å². The molecule has 0 radical (unpaired) electrons. The molecule has 2 N–H and O–H groups in total. The second-order valence-corrected chi connectivity index (χ2v) is 6.08. The van der Waals surface area contributed by atoms with Gasteiger partial charge >= 0.3 is 0 Å². The SMILES string of the molecule is COc1ccc(-c2cccc(-n3cnc4cc(F)c(C(N)=O)cc43)c2)cc1.